The average Bonchev–Trinajstić information content (AvgIpc) is 2.24. The van der Waals surface area contributed by atoms with Crippen LogP contribution in [0.15, 0.2) is 6.07 Å². The summed E-state index contributed by atoms with van der Waals surface area (Å²) in [7, 11) is 0. The molecule has 108 valence electrons. The second-order valence-corrected chi connectivity index (χ2v) is 8.54. The molecule has 0 aliphatic rings. The van der Waals surface area contributed by atoms with E-state index in [1.165, 1.54) is 0 Å². The minimum atomic E-state index is 0.0499. The van der Waals surface area contributed by atoms with Crippen molar-refractivity contribution < 1.29 is 0 Å². The zero-order valence-corrected chi connectivity index (χ0v) is 14.1. The lowest BCUT2D eigenvalue weighted by Gasteiger charge is -2.21. The van der Waals surface area contributed by atoms with E-state index in [-0.39, 0.29) is 10.2 Å². The van der Waals surface area contributed by atoms with Crippen LogP contribution >= 0.6 is 11.8 Å². The minimum absolute atomic E-state index is 0.0499. The Morgan fingerprint density at radius 2 is 1.74 bits per heavy atom. The topological polar surface area (TPSA) is 37.8 Å². The maximum absolute atomic E-state index is 4.72. The number of nitrogens with zero attached hydrogens (tertiary/aromatic N) is 2. The molecule has 0 aliphatic heterocycles. The Balaban J connectivity index is 3.00. The predicted octanol–water partition coefficient (Wildman–Crippen LogP) is 4.24. The Morgan fingerprint density at radius 1 is 1.11 bits per heavy atom. The van der Waals surface area contributed by atoms with Crippen molar-refractivity contribution in [1.82, 2.24) is 9.97 Å². The summed E-state index contributed by atoms with van der Waals surface area (Å²) in [5.74, 6) is 2.71. The van der Waals surface area contributed by atoms with E-state index in [9.17, 15) is 0 Å². The van der Waals surface area contributed by atoms with E-state index in [4.69, 9.17) is 4.98 Å². The van der Waals surface area contributed by atoms with Crippen LogP contribution in [0.5, 0.6) is 0 Å². The molecule has 4 heteroatoms. The van der Waals surface area contributed by atoms with Gasteiger partial charge in [-0.25, -0.2) is 9.97 Å². The van der Waals surface area contributed by atoms with Gasteiger partial charge in [-0.05, 0) is 6.92 Å². The van der Waals surface area contributed by atoms with Gasteiger partial charge in [-0.3, -0.25) is 0 Å². The molecule has 0 fully saturated rings. The van der Waals surface area contributed by atoms with Crippen LogP contribution in [0.25, 0.3) is 0 Å². The number of nitrogens with one attached hydrogen (secondary N) is 1. The van der Waals surface area contributed by atoms with Crippen molar-refractivity contribution in [1.29, 1.82) is 0 Å². The van der Waals surface area contributed by atoms with Crippen molar-refractivity contribution in [3.8, 4) is 0 Å². The molecular weight excluding hydrogens is 254 g/mol. The zero-order chi connectivity index (χ0) is 14.7. The van der Waals surface area contributed by atoms with Crippen LogP contribution in [0.2, 0.25) is 0 Å². The number of hydrogen-bond acceptors (Lipinski definition) is 4. The van der Waals surface area contributed by atoms with Gasteiger partial charge >= 0.3 is 0 Å². The minimum Gasteiger partial charge on any atom is -0.370 e. The van der Waals surface area contributed by atoms with Gasteiger partial charge in [0, 0.05) is 22.8 Å². The summed E-state index contributed by atoms with van der Waals surface area (Å²) >= 11 is 1.88. The first-order valence-electron chi connectivity index (χ1n) is 6.88. The third-order valence-electron chi connectivity index (χ3n) is 2.53. The van der Waals surface area contributed by atoms with E-state index in [0.29, 0.717) is 0 Å². The quantitative estimate of drug-likeness (QED) is 0.896. The molecule has 0 saturated heterocycles. The molecule has 1 heterocycles. The van der Waals surface area contributed by atoms with Gasteiger partial charge in [-0.2, -0.15) is 0 Å². The number of rotatable bonds is 4. The van der Waals surface area contributed by atoms with Crippen LogP contribution in [0.4, 0.5) is 5.82 Å². The molecule has 3 nitrogen and oxygen atoms in total. The molecule has 0 aromatic carbocycles. The van der Waals surface area contributed by atoms with Gasteiger partial charge in [0.25, 0.3) is 0 Å². The van der Waals surface area contributed by atoms with Crippen LogP contribution in [-0.2, 0) is 11.2 Å². The van der Waals surface area contributed by atoms with Crippen LogP contribution in [0, 0.1) is 0 Å². The number of thioether (sulfide) groups is 1. The molecule has 19 heavy (non-hydrogen) atoms. The molecule has 0 amide bonds. The summed E-state index contributed by atoms with van der Waals surface area (Å²) < 4.78 is 0.236. The fraction of sp³-hybridized carbons (Fsp3) is 0.733. The van der Waals surface area contributed by atoms with Crippen molar-refractivity contribution in [2.75, 3.05) is 11.9 Å². The molecule has 0 aliphatic carbocycles. The van der Waals surface area contributed by atoms with Crippen LogP contribution in [0.3, 0.4) is 0 Å². The van der Waals surface area contributed by atoms with Crippen molar-refractivity contribution in [2.45, 2.75) is 64.4 Å². The summed E-state index contributed by atoms with van der Waals surface area (Å²) in [5, 5.41) is 3.30. The third-order valence-corrected chi connectivity index (χ3v) is 3.80. The summed E-state index contributed by atoms with van der Waals surface area (Å²) in [4.78, 5) is 9.31. The maximum atomic E-state index is 4.72. The summed E-state index contributed by atoms with van der Waals surface area (Å²) in [6.45, 7) is 16.2. The molecular formula is C15H27N3S. The lowest BCUT2D eigenvalue weighted by molar-refractivity contribution is 0.564. The predicted molar refractivity (Wildman–Crippen MR) is 85.9 cm³/mol. The first-order chi connectivity index (χ1) is 8.62. The number of hydrogen-bond donors (Lipinski definition) is 1. The highest BCUT2D eigenvalue weighted by Gasteiger charge is 2.19. The molecule has 1 aromatic heterocycles. The van der Waals surface area contributed by atoms with Crippen molar-refractivity contribution in [2.24, 2.45) is 0 Å². The second-order valence-electron chi connectivity index (χ2n) is 6.74. The lowest BCUT2D eigenvalue weighted by Crippen LogP contribution is -2.17. The maximum Gasteiger partial charge on any atom is 0.140 e. The van der Waals surface area contributed by atoms with Gasteiger partial charge < -0.3 is 5.32 Å². The van der Waals surface area contributed by atoms with Crippen LogP contribution in [0.1, 0.15) is 60.0 Å². The smallest absolute Gasteiger partial charge is 0.140 e. The van der Waals surface area contributed by atoms with Crippen molar-refractivity contribution in [3.63, 3.8) is 0 Å². The van der Waals surface area contributed by atoms with E-state index in [0.717, 1.165) is 29.6 Å². The molecule has 0 bridgehead atoms. The molecule has 0 saturated carbocycles. The molecule has 0 spiro atoms. The largest absolute Gasteiger partial charge is 0.370 e. The summed E-state index contributed by atoms with van der Waals surface area (Å²) in [5.41, 5.74) is 1.15. The Hall–Kier alpha value is -0.770. The second kappa shape index (κ2) is 6.12. The normalized spacial score (nSPS) is 12.6. The Bertz CT molecular complexity index is 416. The van der Waals surface area contributed by atoms with E-state index in [2.05, 4.69) is 64.8 Å². The SMILES string of the molecule is CCNc1cc(C(C)(C)C)nc(CSC(C)(C)C)n1. The summed E-state index contributed by atoms with van der Waals surface area (Å²) in [6.07, 6.45) is 0. The molecule has 1 N–H and O–H groups in total. The highest BCUT2D eigenvalue weighted by atomic mass is 32.2. The zero-order valence-electron chi connectivity index (χ0n) is 13.3. The summed E-state index contributed by atoms with van der Waals surface area (Å²) in [6, 6.07) is 2.06. The standard InChI is InChI=1S/C15H27N3S/c1-8-16-12-9-11(14(2,3)4)17-13(18-12)10-19-15(5,6)7/h9H,8,10H2,1-7H3,(H,16,17,18). The fourth-order valence-corrected chi connectivity index (χ4v) is 2.19. The highest BCUT2D eigenvalue weighted by molar-refractivity contribution is 7.99. The Morgan fingerprint density at radius 3 is 2.21 bits per heavy atom. The Kier molecular flexibility index (Phi) is 5.25. The van der Waals surface area contributed by atoms with E-state index in [1.54, 1.807) is 0 Å². The fourth-order valence-electron chi connectivity index (χ4n) is 1.50. The van der Waals surface area contributed by atoms with Crippen molar-refractivity contribution >= 4 is 17.6 Å². The van der Waals surface area contributed by atoms with E-state index in [1.807, 2.05) is 11.8 Å². The van der Waals surface area contributed by atoms with Gasteiger partial charge in [0.2, 0.25) is 0 Å². The third kappa shape index (κ3) is 5.81. The van der Waals surface area contributed by atoms with Crippen molar-refractivity contribution in [3.05, 3.63) is 17.6 Å². The van der Waals surface area contributed by atoms with Gasteiger partial charge in [-0.1, -0.05) is 41.5 Å². The van der Waals surface area contributed by atoms with Gasteiger partial charge in [0.1, 0.15) is 11.6 Å². The van der Waals surface area contributed by atoms with Crippen LogP contribution < -0.4 is 5.32 Å². The lowest BCUT2D eigenvalue weighted by atomic mass is 9.92. The molecule has 1 aromatic rings. The molecule has 0 radical (unpaired) electrons. The highest BCUT2D eigenvalue weighted by Crippen LogP contribution is 2.28. The van der Waals surface area contributed by atoms with Gasteiger partial charge in [0.15, 0.2) is 0 Å². The van der Waals surface area contributed by atoms with Gasteiger partial charge in [0.05, 0.1) is 11.4 Å². The first kappa shape index (κ1) is 16.3. The monoisotopic (exact) mass is 281 g/mol. The number of anilines is 1. The molecule has 1 rings (SSSR count). The Labute approximate surface area is 122 Å². The molecule has 0 unspecified atom stereocenters. The van der Waals surface area contributed by atoms with E-state index < -0.39 is 0 Å². The molecule has 0 atom stereocenters. The number of aromatic nitrogens is 2. The van der Waals surface area contributed by atoms with Crippen LogP contribution in [-0.4, -0.2) is 21.3 Å². The first-order valence-corrected chi connectivity index (χ1v) is 7.86. The average molecular weight is 281 g/mol. The van der Waals surface area contributed by atoms with Gasteiger partial charge in [-0.15, -0.1) is 11.8 Å². The van der Waals surface area contributed by atoms with E-state index >= 15 is 0 Å².